The number of hydrogen-bond donors (Lipinski definition) is 2. The molecule has 8 heteroatoms. The van der Waals surface area contributed by atoms with E-state index in [9.17, 15) is 9.59 Å². The first-order valence-corrected chi connectivity index (χ1v) is 11.4. The summed E-state index contributed by atoms with van der Waals surface area (Å²) in [6.07, 6.45) is 1.42. The van der Waals surface area contributed by atoms with Crippen LogP contribution in [0.15, 0.2) is 52.4 Å². The van der Waals surface area contributed by atoms with Crippen molar-refractivity contribution in [3.63, 3.8) is 0 Å². The fraction of sp³-hybridized carbons (Fsp3) is 0.391. The minimum atomic E-state index is -0.237. The molecule has 0 saturated heterocycles. The summed E-state index contributed by atoms with van der Waals surface area (Å²) in [6.45, 7) is 3.88. The highest BCUT2D eigenvalue weighted by atomic mass is 32.1. The number of amides is 2. The van der Waals surface area contributed by atoms with Crippen molar-refractivity contribution in [2.45, 2.75) is 51.1 Å². The topological polar surface area (TPSA) is 97.1 Å². The first-order chi connectivity index (χ1) is 15.0. The lowest BCUT2D eigenvalue weighted by molar-refractivity contribution is -0.126. The molecule has 1 aliphatic carbocycles. The third-order valence-electron chi connectivity index (χ3n) is 5.42. The number of hydrogen-bond acceptors (Lipinski definition) is 6. The van der Waals surface area contributed by atoms with Crippen molar-refractivity contribution >= 4 is 23.2 Å². The van der Waals surface area contributed by atoms with Gasteiger partial charge in [-0.25, -0.2) is 0 Å². The summed E-state index contributed by atoms with van der Waals surface area (Å²) in [5, 5.41) is 12.2. The second kappa shape index (κ2) is 9.43. The quantitative estimate of drug-likeness (QED) is 0.588. The van der Waals surface area contributed by atoms with E-state index in [0.29, 0.717) is 31.0 Å². The highest BCUT2D eigenvalue weighted by Crippen LogP contribution is 2.39. The van der Waals surface area contributed by atoms with E-state index < -0.39 is 0 Å². The van der Waals surface area contributed by atoms with Gasteiger partial charge in [0.15, 0.2) is 0 Å². The average molecular weight is 439 g/mol. The Morgan fingerprint density at radius 1 is 1.16 bits per heavy atom. The molecule has 3 aromatic rings. The van der Waals surface area contributed by atoms with E-state index in [2.05, 4.69) is 20.8 Å². The van der Waals surface area contributed by atoms with Crippen LogP contribution >= 0.6 is 11.3 Å². The predicted octanol–water partition coefficient (Wildman–Crippen LogP) is 3.54. The molecule has 0 radical (unpaired) electrons. The van der Waals surface area contributed by atoms with Gasteiger partial charge in [0, 0.05) is 28.4 Å². The van der Waals surface area contributed by atoms with E-state index in [1.807, 2.05) is 61.7 Å². The Labute approximate surface area is 185 Å². The molecule has 31 heavy (non-hydrogen) atoms. The van der Waals surface area contributed by atoms with Crippen LogP contribution in [-0.4, -0.2) is 34.0 Å². The first kappa shape index (κ1) is 21.2. The second-order valence-electron chi connectivity index (χ2n) is 8.19. The number of carbonyl (C=O) groups excluding carboxylic acids is 2. The van der Waals surface area contributed by atoms with Crippen molar-refractivity contribution in [2.75, 3.05) is 0 Å². The maximum Gasteiger partial charge on any atom is 0.232 e. The maximum absolute atomic E-state index is 12.7. The van der Waals surface area contributed by atoms with Crippen molar-refractivity contribution in [3.8, 4) is 11.4 Å². The third kappa shape index (κ3) is 5.19. The summed E-state index contributed by atoms with van der Waals surface area (Å²) in [5.41, 5.74) is 0.864. The van der Waals surface area contributed by atoms with Crippen LogP contribution in [0.3, 0.4) is 0 Å². The number of nitrogens with one attached hydrogen (secondary N) is 2. The van der Waals surface area contributed by atoms with Gasteiger partial charge >= 0.3 is 0 Å². The van der Waals surface area contributed by atoms with Crippen LogP contribution in [-0.2, 0) is 16.0 Å². The third-order valence-corrected chi connectivity index (χ3v) is 6.29. The molecule has 2 N–H and O–H groups in total. The van der Waals surface area contributed by atoms with Crippen LogP contribution in [0, 0.1) is 5.92 Å². The van der Waals surface area contributed by atoms with Crippen molar-refractivity contribution in [1.29, 1.82) is 0 Å². The van der Waals surface area contributed by atoms with E-state index in [-0.39, 0.29) is 35.7 Å². The van der Waals surface area contributed by atoms with Crippen molar-refractivity contribution in [3.05, 3.63) is 58.6 Å². The zero-order valence-electron chi connectivity index (χ0n) is 17.6. The van der Waals surface area contributed by atoms with Crippen molar-refractivity contribution in [2.24, 2.45) is 5.92 Å². The van der Waals surface area contributed by atoms with Crippen LogP contribution in [0.4, 0.5) is 0 Å². The van der Waals surface area contributed by atoms with E-state index >= 15 is 0 Å². The van der Waals surface area contributed by atoms with Crippen molar-refractivity contribution < 1.29 is 14.1 Å². The average Bonchev–Trinajstić information content (AvgIpc) is 3.49. The van der Waals surface area contributed by atoms with Gasteiger partial charge in [0.1, 0.15) is 0 Å². The SMILES string of the molecule is CC(C)NC(=O)[C@H]1C[C@H](NC(=O)Cc2cccs2)[C@H](c2nc(-c3ccccc3)no2)C1. The Kier molecular flexibility index (Phi) is 6.46. The van der Waals surface area contributed by atoms with Gasteiger partial charge in [-0.3, -0.25) is 9.59 Å². The van der Waals surface area contributed by atoms with Crippen LogP contribution in [0.2, 0.25) is 0 Å². The van der Waals surface area contributed by atoms with Crippen LogP contribution in [0.25, 0.3) is 11.4 Å². The Morgan fingerprint density at radius 3 is 2.68 bits per heavy atom. The molecular weight excluding hydrogens is 412 g/mol. The van der Waals surface area contributed by atoms with Gasteiger partial charge in [0.25, 0.3) is 0 Å². The van der Waals surface area contributed by atoms with Crippen LogP contribution in [0.5, 0.6) is 0 Å². The molecule has 2 aromatic heterocycles. The second-order valence-corrected chi connectivity index (χ2v) is 9.22. The number of rotatable bonds is 7. The van der Waals surface area contributed by atoms with Crippen LogP contribution in [0.1, 0.15) is 43.4 Å². The molecule has 7 nitrogen and oxygen atoms in total. The van der Waals surface area contributed by atoms with Gasteiger partial charge in [-0.15, -0.1) is 11.3 Å². The predicted molar refractivity (Wildman–Crippen MR) is 118 cm³/mol. The molecule has 4 rings (SSSR count). The first-order valence-electron chi connectivity index (χ1n) is 10.5. The van der Waals surface area contributed by atoms with E-state index in [1.54, 1.807) is 11.3 Å². The van der Waals surface area contributed by atoms with Crippen LogP contribution < -0.4 is 10.6 Å². The summed E-state index contributed by atoms with van der Waals surface area (Å²) in [5.74, 6) is 0.476. The van der Waals surface area contributed by atoms with Gasteiger partial charge in [-0.05, 0) is 38.1 Å². The monoisotopic (exact) mass is 438 g/mol. The fourth-order valence-corrected chi connectivity index (χ4v) is 4.71. The molecule has 3 atom stereocenters. The summed E-state index contributed by atoms with van der Waals surface area (Å²) in [6, 6.07) is 13.3. The number of aromatic nitrogens is 2. The zero-order valence-corrected chi connectivity index (χ0v) is 18.4. The number of thiophene rings is 1. The molecule has 1 aliphatic rings. The summed E-state index contributed by atoms with van der Waals surface area (Å²) in [4.78, 5) is 30.9. The molecule has 0 bridgehead atoms. The molecule has 0 aliphatic heterocycles. The molecule has 0 unspecified atom stereocenters. The number of carbonyl (C=O) groups is 2. The molecule has 1 fully saturated rings. The Hall–Kier alpha value is -3.00. The molecule has 162 valence electrons. The molecule has 2 amide bonds. The lowest BCUT2D eigenvalue weighted by atomic mass is 10.0. The van der Waals surface area contributed by atoms with Crippen molar-refractivity contribution in [1.82, 2.24) is 20.8 Å². The molecule has 1 aromatic carbocycles. The zero-order chi connectivity index (χ0) is 21.8. The summed E-state index contributed by atoms with van der Waals surface area (Å²) >= 11 is 1.55. The minimum Gasteiger partial charge on any atom is -0.354 e. The molecule has 1 saturated carbocycles. The summed E-state index contributed by atoms with van der Waals surface area (Å²) < 4.78 is 5.59. The Bertz CT molecular complexity index is 1020. The van der Waals surface area contributed by atoms with Gasteiger partial charge in [0.2, 0.25) is 23.5 Å². The van der Waals surface area contributed by atoms with Gasteiger partial charge in [0.05, 0.1) is 12.3 Å². The smallest absolute Gasteiger partial charge is 0.232 e. The lowest BCUT2D eigenvalue weighted by Gasteiger charge is -2.17. The van der Waals surface area contributed by atoms with Gasteiger partial charge in [-0.1, -0.05) is 41.6 Å². The maximum atomic E-state index is 12.7. The van der Waals surface area contributed by atoms with E-state index in [1.165, 1.54) is 0 Å². The van der Waals surface area contributed by atoms with Gasteiger partial charge in [-0.2, -0.15) is 4.98 Å². The van der Waals surface area contributed by atoms with E-state index in [4.69, 9.17) is 4.52 Å². The normalized spacial score (nSPS) is 20.7. The number of nitrogens with zero attached hydrogens (tertiary/aromatic N) is 2. The number of benzene rings is 1. The van der Waals surface area contributed by atoms with Gasteiger partial charge < -0.3 is 15.2 Å². The van der Waals surface area contributed by atoms with E-state index in [0.717, 1.165) is 10.4 Å². The molecule has 0 spiro atoms. The Balaban J connectivity index is 1.52. The fourth-order valence-electron chi connectivity index (χ4n) is 4.01. The molecular formula is C23H26N4O3S. The minimum absolute atomic E-state index is 0.00203. The molecule has 2 heterocycles. The highest BCUT2D eigenvalue weighted by molar-refractivity contribution is 7.10. The Morgan fingerprint density at radius 2 is 1.97 bits per heavy atom. The summed E-state index contributed by atoms with van der Waals surface area (Å²) in [7, 11) is 0. The lowest BCUT2D eigenvalue weighted by Crippen LogP contribution is -2.38. The highest BCUT2D eigenvalue weighted by Gasteiger charge is 2.42. The standard InChI is InChI=1S/C23H26N4O3S/c1-14(2)24-22(29)16-11-18(19(12-16)25-20(28)13-17-9-6-10-31-17)23-26-21(27-30-23)15-7-4-3-5-8-15/h3-10,14,16,18-19H,11-13H2,1-2H3,(H,24,29)(H,25,28)/t16-,18-,19+/m1/s1. The largest absolute Gasteiger partial charge is 0.354 e.